The number of hydrogen-bond acceptors (Lipinski definition) is 2. The molecule has 0 saturated heterocycles. The molecule has 0 aliphatic rings. The van der Waals surface area contributed by atoms with Crippen LogP contribution in [0.25, 0.3) is 11.0 Å². The van der Waals surface area contributed by atoms with Crippen LogP contribution < -0.4 is 0 Å². The molecule has 2 nitrogen and oxygen atoms in total. The lowest BCUT2D eigenvalue weighted by Gasteiger charge is -1.92. The third-order valence-electron chi connectivity index (χ3n) is 2.41. The van der Waals surface area contributed by atoms with Gasteiger partial charge in [-0.15, -0.1) is 6.42 Å². The summed E-state index contributed by atoms with van der Waals surface area (Å²) in [4.78, 5) is 11.6. The van der Waals surface area contributed by atoms with Gasteiger partial charge in [-0.1, -0.05) is 5.92 Å². The van der Waals surface area contributed by atoms with E-state index in [4.69, 9.17) is 10.8 Å². The zero-order valence-corrected chi connectivity index (χ0v) is 8.71. The first-order valence-corrected chi connectivity index (χ1v) is 4.79. The lowest BCUT2D eigenvalue weighted by Crippen LogP contribution is -1.96. The zero-order valence-electron chi connectivity index (χ0n) is 8.71. The normalized spacial score (nSPS) is 10.3. The summed E-state index contributed by atoms with van der Waals surface area (Å²) >= 11 is 0. The van der Waals surface area contributed by atoms with E-state index in [1.807, 2.05) is 0 Å². The molecule has 3 heteroatoms. The molecule has 0 atom stereocenters. The lowest BCUT2D eigenvalue weighted by atomic mass is 10.1. The van der Waals surface area contributed by atoms with Gasteiger partial charge in [0.05, 0.1) is 6.42 Å². The quantitative estimate of drug-likeness (QED) is 0.570. The maximum absolute atomic E-state index is 13.0. The summed E-state index contributed by atoms with van der Waals surface area (Å²) in [6.07, 6.45) is 5.05. The Morgan fingerprint density at radius 3 is 3.00 bits per heavy atom. The van der Waals surface area contributed by atoms with Gasteiger partial charge in [-0.3, -0.25) is 4.79 Å². The minimum absolute atomic E-state index is 0.0108. The molecule has 1 aromatic carbocycles. The van der Waals surface area contributed by atoms with Gasteiger partial charge in [-0.2, -0.15) is 0 Å². The van der Waals surface area contributed by atoms with Crippen LogP contribution in [0.1, 0.15) is 22.5 Å². The first-order chi connectivity index (χ1) is 7.63. The summed E-state index contributed by atoms with van der Waals surface area (Å²) < 4.78 is 18.4. The monoisotopic (exact) mass is 216 g/mol. The molecular weight excluding hydrogens is 207 g/mol. The van der Waals surface area contributed by atoms with Crippen molar-refractivity contribution < 1.29 is 13.6 Å². The zero-order chi connectivity index (χ0) is 11.7. The predicted molar refractivity (Wildman–Crippen MR) is 58.7 cm³/mol. The molecule has 0 radical (unpaired) electrons. The number of halogens is 1. The third-order valence-corrected chi connectivity index (χ3v) is 2.41. The van der Waals surface area contributed by atoms with Gasteiger partial charge in [-0.25, -0.2) is 4.39 Å². The molecule has 80 valence electrons. The van der Waals surface area contributed by atoms with Crippen LogP contribution in [-0.2, 0) is 0 Å². The molecular formula is C13H9FO2. The first-order valence-electron chi connectivity index (χ1n) is 4.79. The van der Waals surface area contributed by atoms with Gasteiger partial charge in [0.2, 0.25) is 5.78 Å². The third kappa shape index (κ3) is 1.59. The van der Waals surface area contributed by atoms with E-state index in [9.17, 15) is 9.18 Å². The molecule has 0 saturated carbocycles. The van der Waals surface area contributed by atoms with Gasteiger partial charge in [-0.05, 0) is 25.1 Å². The highest BCUT2D eigenvalue weighted by atomic mass is 19.1. The number of furan rings is 1. The maximum atomic E-state index is 13.0. The lowest BCUT2D eigenvalue weighted by molar-refractivity contribution is 0.0973. The predicted octanol–water partition coefficient (Wildman–Crippen LogP) is 3.09. The Morgan fingerprint density at radius 1 is 1.56 bits per heavy atom. The van der Waals surface area contributed by atoms with Gasteiger partial charge in [0.25, 0.3) is 0 Å². The van der Waals surface area contributed by atoms with Crippen LogP contribution in [-0.4, -0.2) is 5.78 Å². The van der Waals surface area contributed by atoms with Crippen molar-refractivity contribution >= 4 is 16.8 Å². The van der Waals surface area contributed by atoms with E-state index >= 15 is 0 Å². The van der Waals surface area contributed by atoms with Gasteiger partial charge in [0.1, 0.15) is 11.4 Å². The van der Waals surface area contributed by atoms with E-state index in [-0.39, 0.29) is 23.8 Å². The second kappa shape index (κ2) is 3.82. The van der Waals surface area contributed by atoms with Crippen molar-refractivity contribution in [1.29, 1.82) is 0 Å². The summed E-state index contributed by atoms with van der Waals surface area (Å²) in [5.74, 6) is 1.88. The van der Waals surface area contributed by atoms with E-state index in [1.165, 1.54) is 18.2 Å². The number of rotatable bonds is 2. The summed E-state index contributed by atoms with van der Waals surface area (Å²) in [5, 5.41) is 0.611. The Labute approximate surface area is 92.1 Å². The van der Waals surface area contributed by atoms with Crippen molar-refractivity contribution in [3.63, 3.8) is 0 Å². The number of ketones is 1. The topological polar surface area (TPSA) is 30.2 Å². The number of carbonyl (C=O) groups is 1. The number of terminal acetylenes is 1. The summed E-state index contributed by atoms with van der Waals surface area (Å²) in [7, 11) is 0. The molecule has 0 unspecified atom stereocenters. The van der Waals surface area contributed by atoms with Crippen molar-refractivity contribution in [3.8, 4) is 12.3 Å². The van der Waals surface area contributed by atoms with Gasteiger partial charge in [0.15, 0.2) is 5.76 Å². The average molecular weight is 216 g/mol. The number of aryl methyl sites for hydroxylation is 1. The highest BCUT2D eigenvalue weighted by molar-refractivity contribution is 6.01. The fraction of sp³-hybridized carbons (Fsp3) is 0.154. The smallest absolute Gasteiger partial charge is 0.210 e. The van der Waals surface area contributed by atoms with Crippen molar-refractivity contribution in [3.05, 3.63) is 35.3 Å². The van der Waals surface area contributed by atoms with Crippen LogP contribution >= 0.6 is 0 Å². The van der Waals surface area contributed by atoms with Gasteiger partial charge >= 0.3 is 0 Å². The van der Waals surface area contributed by atoms with Crippen LogP contribution in [0, 0.1) is 25.1 Å². The minimum atomic E-state index is -0.354. The number of carbonyl (C=O) groups excluding carboxylic acids is 1. The highest BCUT2D eigenvalue weighted by Crippen LogP contribution is 2.26. The summed E-state index contributed by atoms with van der Waals surface area (Å²) in [6.45, 7) is 1.72. The van der Waals surface area contributed by atoms with E-state index in [1.54, 1.807) is 6.92 Å². The molecule has 0 fully saturated rings. The second-order valence-electron chi connectivity index (χ2n) is 3.50. The molecule has 0 N–H and O–H groups in total. The number of hydrogen-bond donors (Lipinski definition) is 0. The highest BCUT2D eigenvalue weighted by Gasteiger charge is 2.16. The Kier molecular flexibility index (Phi) is 2.49. The fourth-order valence-corrected chi connectivity index (χ4v) is 1.63. The summed E-state index contributed by atoms with van der Waals surface area (Å²) in [5.41, 5.74) is 1.13. The SMILES string of the molecule is C#CCC(=O)c1oc2ccc(F)cc2c1C. The van der Waals surface area contributed by atoms with Crippen LogP contribution in [0.15, 0.2) is 22.6 Å². The van der Waals surface area contributed by atoms with Gasteiger partial charge in [0, 0.05) is 10.9 Å². The minimum Gasteiger partial charge on any atom is -0.453 e. The van der Waals surface area contributed by atoms with E-state index < -0.39 is 0 Å². The molecule has 0 amide bonds. The Bertz CT molecular complexity index is 602. The number of benzene rings is 1. The Morgan fingerprint density at radius 2 is 2.31 bits per heavy atom. The molecule has 0 bridgehead atoms. The molecule has 1 heterocycles. The standard InChI is InChI=1S/C13H9FO2/c1-3-4-11(15)13-8(2)10-7-9(14)5-6-12(10)16-13/h1,5-7H,4H2,2H3. The van der Waals surface area contributed by atoms with E-state index in [0.29, 0.717) is 16.5 Å². The number of fused-ring (bicyclic) bond motifs is 1. The molecule has 0 aliphatic heterocycles. The molecule has 16 heavy (non-hydrogen) atoms. The Balaban J connectivity index is 2.61. The van der Waals surface area contributed by atoms with E-state index in [0.717, 1.165) is 0 Å². The van der Waals surface area contributed by atoms with Crippen molar-refractivity contribution in [2.45, 2.75) is 13.3 Å². The largest absolute Gasteiger partial charge is 0.453 e. The first kappa shape index (κ1) is 10.4. The molecule has 0 aliphatic carbocycles. The molecule has 1 aromatic heterocycles. The maximum Gasteiger partial charge on any atom is 0.210 e. The second-order valence-corrected chi connectivity index (χ2v) is 3.50. The van der Waals surface area contributed by atoms with Crippen molar-refractivity contribution in [1.82, 2.24) is 0 Å². The van der Waals surface area contributed by atoms with Crippen LogP contribution in [0.4, 0.5) is 4.39 Å². The van der Waals surface area contributed by atoms with Crippen molar-refractivity contribution in [2.75, 3.05) is 0 Å². The molecule has 0 spiro atoms. The Hall–Kier alpha value is -2.08. The van der Waals surface area contributed by atoms with Crippen molar-refractivity contribution in [2.24, 2.45) is 0 Å². The van der Waals surface area contributed by atoms with Crippen LogP contribution in [0.3, 0.4) is 0 Å². The fourth-order valence-electron chi connectivity index (χ4n) is 1.63. The van der Waals surface area contributed by atoms with E-state index in [2.05, 4.69) is 5.92 Å². The molecule has 2 rings (SSSR count). The van der Waals surface area contributed by atoms with Crippen LogP contribution in [0.2, 0.25) is 0 Å². The average Bonchev–Trinajstić information content (AvgIpc) is 2.57. The van der Waals surface area contributed by atoms with Crippen LogP contribution in [0.5, 0.6) is 0 Å². The summed E-state index contributed by atoms with van der Waals surface area (Å²) in [6, 6.07) is 4.14. The number of Topliss-reactive ketones (excluding diaryl/α,β-unsaturated/α-hetero) is 1. The van der Waals surface area contributed by atoms with Gasteiger partial charge < -0.3 is 4.42 Å². The molecule has 2 aromatic rings.